The Hall–Kier alpha value is -0.440. The molecular weight excluding hydrogens is 204 g/mol. The molecule has 90 valence electrons. The zero-order chi connectivity index (χ0) is 11.3. The average Bonchev–Trinajstić information content (AvgIpc) is 2.35. The van der Waals surface area contributed by atoms with Crippen molar-refractivity contribution in [2.75, 3.05) is 0 Å². The van der Waals surface area contributed by atoms with E-state index in [9.17, 15) is 0 Å². The number of hydrogen-bond acceptors (Lipinski definition) is 0. The highest BCUT2D eigenvalue weighted by Gasteiger charge is 2.68. The topological polar surface area (TPSA) is 0 Å². The van der Waals surface area contributed by atoms with Crippen LogP contribution in [-0.4, -0.2) is 0 Å². The summed E-state index contributed by atoms with van der Waals surface area (Å²) in [7, 11) is 0. The first kappa shape index (κ1) is 9.48. The van der Waals surface area contributed by atoms with Crippen molar-refractivity contribution in [1.82, 2.24) is 0 Å². The van der Waals surface area contributed by atoms with Gasteiger partial charge < -0.3 is 0 Å². The van der Waals surface area contributed by atoms with E-state index in [1.807, 2.05) is 0 Å². The Bertz CT molecular complexity index is 416. The Morgan fingerprint density at radius 2 is 1.53 bits per heavy atom. The maximum absolute atomic E-state index is 5.92. The van der Waals surface area contributed by atoms with Crippen LogP contribution in [0.1, 0.15) is 32.6 Å². The minimum absolute atomic E-state index is 0.660. The summed E-state index contributed by atoms with van der Waals surface area (Å²) in [4.78, 5) is 0. The van der Waals surface area contributed by atoms with Crippen molar-refractivity contribution in [3.05, 3.63) is 0 Å². The minimum atomic E-state index is 0.660. The smallest absolute Gasteiger partial charge is 0.0264 e. The van der Waals surface area contributed by atoms with Gasteiger partial charge in [0.2, 0.25) is 0 Å². The van der Waals surface area contributed by atoms with Gasteiger partial charge in [0.15, 0.2) is 0 Å². The van der Waals surface area contributed by atoms with Crippen molar-refractivity contribution in [2.45, 2.75) is 32.6 Å². The van der Waals surface area contributed by atoms with Crippen molar-refractivity contribution in [3.63, 3.8) is 0 Å². The van der Waals surface area contributed by atoms with Crippen molar-refractivity contribution in [1.29, 1.82) is 0 Å². The van der Waals surface area contributed by atoms with E-state index in [4.69, 9.17) is 6.42 Å². The summed E-state index contributed by atoms with van der Waals surface area (Å²) < 4.78 is 0. The maximum atomic E-state index is 5.92. The van der Waals surface area contributed by atoms with Crippen LogP contribution >= 0.6 is 0 Å². The fraction of sp³-hybridized carbons (Fsp3) is 0.882. The molecule has 0 heteroatoms. The van der Waals surface area contributed by atoms with Crippen LogP contribution in [-0.2, 0) is 0 Å². The monoisotopic (exact) mass is 226 g/mol. The summed E-state index contributed by atoms with van der Waals surface area (Å²) in [6.07, 6.45) is 12.1. The Morgan fingerprint density at radius 3 is 2.29 bits per heavy atom. The average molecular weight is 226 g/mol. The molecule has 7 aliphatic rings. The lowest BCUT2D eigenvalue weighted by Gasteiger charge is -2.73. The molecule has 10 atom stereocenters. The standard InChI is InChI=1S/C17H22/c1-3-10-11-7-12-13-4-9-5-14(12)17(10)15(6-9)16(13)8(11)2/h1,8-17H,4-7H2,2H3. The third-order valence-corrected chi connectivity index (χ3v) is 7.79. The van der Waals surface area contributed by atoms with Crippen molar-refractivity contribution < 1.29 is 0 Å². The summed E-state index contributed by atoms with van der Waals surface area (Å²) >= 11 is 0. The zero-order valence-corrected chi connectivity index (χ0v) is 10.7. The van der Waals surface area contributed by atoms with Crippen LogP contribution in [0, 0.1) is 71.5 Å². The van der Waals surface area contributed by atoms with E-state index in [1.54, 1.807) is 19.3 Å². The van der Waals surface area contributed by atoms with Gasteiger partial charge in [0.25, 0.3) is 0 Å². The van der Waals surface area contributed by atoms with Crippen LogP contribution in [0.3, 0.4) is 0 Å². The summed E-state index contributed by atoms with van der Waals surface area (Å²) in [5.74, 6) is 13.2. The first-order valence-corrected chi connectivity index (χ1v) is 7.75. The summed E-state index contributed by atoms with van der Waals surface area (Å²) in [6, 6.07) is 0. The molecule has 0 saturated heterocycles. The predicted octanol–water partition coefficient (Wildman–Crippen LogP) is 3.43. The highest BCUT2D eigenvalue weighted by atomic mass is 14.7. The minimum Gasteiger partial charge on any atom is -0.120 e. The third-order valence-electron chi connectivity index (χ3n) is 7.79. The van der Waals surface area contributed by atoms with Crippen molar-refractivity contribution in [2.24, 2.45) is 59.2 Å². The van der Waals surface area contributed by atoms with Gasteiger partial charge >= 0.3 is 0 Å². The quantitative estimate of drug-likeness (QED) is 0.555. The lowest BCUT2D eigenvalue weighted by molar-refractivity contribution is -0.242. The van der Waals surface area contributed by atoms with Crippen molar-refractivity contribution >= 4 is 0 Å². The number of terminal acetylenes is 1. The van der Waals surface area contributed by atoms with Gasteiger partial charge in [-0.3, -0.25) is 0 Å². The van der Waals surface area contributed by atoms with Gasteiger partial charge in [-0.25, -0.2) is 0 Å². The fourth-order valence-electron chi connectivity index (χ4n) is 7.67. The largest absolute Gasteiger partial charge is 0.120 e. The normalized spacial score (nSPS) is 69.6. The van der Waals surface area contributed by atoms with E-state index < -0.39 is 0 Å². The van der Waals surface area contributed by atoms with Gasteiger partial charge in [0.1, 0.15) is 0 Å². The summed E-state index contributed by atoms with van der Waals surface area (Å²) in [5.41, 5.74) is 0. The van der Waals surface area contributed by atoms with Crippen LogP contribution in [0.4, 0.5) is 0 Å². The van der Waals surface area contributed by atoms with Gasteiger partial charge in [-0.15, -0.1) is 12.3 Å². The molecule has 10 unspecified atom stereocenters. The number of hydrogen-bond donors (Lipinski definition) is 0. The molecule has 0 amide bonds. The molecule has 0 aromatic heterocycles. The highest BCUT2D eigenvalue weighted by Crippen LogP contribution is 2.73. The van der Waals surface area contributed by atoms with Gasteiger partial charge in [-0.2, -0.15) is 0 Å². The third kappa shape index (κ3) is 0.864. The molecule has 7 aliphatic carbocycles. The molecule has 0 heterocycles. The molecular formula is C17H22. The van der Waals surface area contributed by atoms with E-state index in [0.29, 0.717) is 5.92 Å². The van der Waals surface area contributed by atoms with Crippen molar-refractivity contribution in [3.8, 4) is 12.3 Å². The molecule has 8 bridgehead atoms. The second kappa shape index (κ2) is 2.76. The van der Waals surface area contributed by atoms with Crippen LogP contribution in [0.5, 0.6) is 0 Å². The molecule has 0 nitrogen and oxygen atoms in total. The lowest BCUT2D eigenvalue weighted by atomic mass is 9.32. The molecule has 0 aromatic carbocycles. The van der Waals surface area contributed by atoms with Gasteiger partial charge in [-0.05, 0) is 78.9 Å². The molecule has 0 aromatic rings. The molecule has 0 spiro atoms. The van der Waals surface area contributed by atoms with E-state index in [-0.39, 0.29) is 0 Å². The Kier molecular flexibility index (Phi) is 1.54. The highest BCUT2D eigenvalue weighted by molar-refractivity contribution is 5.20. The predicted molar refractivity (Wildman–Crippen MR) is 67.9 cm³/mol. The summed E-state index contributed by atoms with van der Waals surface area (Å²) in [6.45, 7) is 2.54. The Balaban J connectivity index is 1.69. The van der Waals surface area contributed by atoms with E-state index in [1.165, 1.54) is 6.42 Å². The molecule has 17 heavy (non-hydrogen) atoms. The second-order valence-corrected chi connectivity index (χ2v) is 7.83. The summed E-state index contributed by atoms with van der Waals surface area (Å²) in [5, 5.41) is 0. The Morgan fingerprint density at radius 1 is 0.824 bits per heavy atom. The van der Waals surface area contributed by atoms with Crippen LogP contribution < -0.4 is 0 Å². The number of rotatable bonds is 0. The second-order valence-electron chi connectivity index (χ2n) is 7.83. The molecule has 0 N–H and O–H groups in total. The van der Waals surface area contributed by atoms with Gasteiger partial charge in [0.05, 0.1) is 0 Å². The van der Waals surface area contributed by atoms with Gasteiger partial charge in [0, 0.05) is 5.92 Å². The first-order valence-electron chi connectivity index (χ1n) is 7.75. The van der Waals surface area contributed by atoms with Crippen LogP contribution in [0.15, 0.2) is 0 Å². The molecule has 0 radical (unpaired) electrons. The van der Waals surface area contributed by atoms with E-state index >= 15 is 0 Å². The molecule has 7 fully saturated rings. The lowest BCUT2D eigenvalue weighted by Crippen LogP contribution is -2.67. The molecule has 0 aliphatic heterocycles. The first-order chi connectivity index (χ1) is 8.29. The van der Waals surface area contributed by atoms with Crippen LogP contribution in [0.25, 0.3) is 0 Å². The van der Waals surface area contributed by atoms with Gasteiger partial charge in [-0.1, -0.05) is 6.92 Å². The van der Waals surface area contributed by atoms with Crippen LogP contribution in [0.2, 0.25) is 0 Å². The molecule has 7 rings (SSSR count). The molecule has 7 saturated carbocycles. The Labute approximate surface area is 105 Å². The maximum Gasteiger partial charge on any atom is 0.0264 e. The zero-order valence-electron chi connectivity index (χ0n) is 10.7. The SMILES string of the molecule is C#CC1C2CC3C4CC5CC3C1C(C5)C4C2C. The van der Waals surface area contributed by atoms with E-state index in [0.717, 1.165) is 53.3 Å². The van der Waals surface area contributed by atoms with E-state index in [2.05, 4.69) is 12.8 Å². The fourth-order valence-corrected chi connectivity index (χ4v) is 7.67.